The van der Waals surface area contributed by atoms with Crippen molar-refractivity contribution in [2.24, 2.45) is 5.73 Å². The molecule has 0 saturated carbocycles. The van der Waals surface area contributed by atoms with Crippen LogP contribution in [0.2, 0.25) is 0 Å². The third-order valence-corrected chi connectivity index (χ3v) is 4.44. The summed E-state index contributed by atoms with van der Waals surface area (Å²) >= 11 is 1.61. The van der Waals surface area contributed by atoms with Crippen LogP contribution in [0, 0.1) is 6.92 Å². The highest BCUT2D eigenvalue weighted by Crippen LogP contribution is 2.22. The lowest BCUT2D eigenvalue weighted by molar-refractivity contribution is -0.115. The number of amides is 3. The Morgan fingerprint density at radius 2 is 1.62 bits per heavy atom. The number of anilines is 2. The van der Waals surface area contributed by atoms with E-state index in [4.69, 9.17) is 5.73 Å². The summed E-state index contributed by atoms with van der Waals surface area (Å²) in [5.41, 5.74) is 9.19. The highest BCUT2D eigenvalue weighted by molar-refractivity contribution is 7.09. The first-order chi connectivity index (χ1) is 12.5. The molecule has 0 radical (unpaired) electrons. The van der Waals surface area contributed by atoms with E-state index in [0.717, 1.165) is 21.8 Å². The molecule has 0 atom stereocenters. The van der Waals surface area contributed by atoms with Gasteiger partial charge in [0.2, 0.25) is 5.91 Å². The molecule has 3 rings (SSSR count). The number of carbonyl (C=O) groups excluding carboxylic acids is 2. The van der Waals surface area contributed by atoms with Gasteiger partial charge in [0, 0.05) is 22.3 Å². The predicted octanol–water partition coefficient (Wildman–Crippen LogP) is 3.79. The minimum atomic E-state index is -0.627. The van der Waals surface area contributed by atoms with Crippen LogP contribution in [0.3, 0.4) is 0 Å². The first-order valence-electron chi connectivity index (χ1n) is 7.97. The smallest absolute Gasteiger partial charge is 0.316 e. The second kappa shape index (κ2) is 7.79. The molecule has 1 heterocycles. The van der Waals surface area contributed by atoms with Crippen LogP contribution in [0.5, 0.6) is 0 Å². The number of nitrogens with one attached hydrogen (secondary N) is 2. The largest absolute Gasteiger partial charge is 0.351 e. The fourth-order valence-electron chi connectivity index (χ4n) is 2.46. The van der Waals surface area contributed by atoms with Gasteiger partial charge >= 0.3 is 6.03 Å². The molecule has 1 aromatic heterocycles. The lowest BCUT2D eigenvalue weighted by atomic mass is 10.1. The molecular weight excluding hydrogens is 348 g/mol. The van der Waals surface area contributed by atoms with Crippen LogP contribution >= 0.6 is 11.3 Å². The van der Waals surface area contributed by atoms with Gasteiger partial charge < -0.3 is 16.4 Å². The van der Waals surface area contributed by atoms with Gasteiger partial charge in [-0.05, 0) is 36.8 Å². The fourth-order valence-corrected chi connectivity index (χ4v) is 3.08. The lowest BCUT2D eigenvalue weighted by Crippen LogP contribution is -2.19. The maximum Gasteiger partial charge on any atom is 0.316 e. The van der Waals surface area contributed by atoms with E-state index < -0.39 is 6.03 Å². The summed E-state index contributed by atoms with van der Waals surface area (Å²) in [6, 6.07) is 13.9. The van der Waals surface area contributed by atoms with Crippen LogP contribution in [0.25, 0.3) is 11.3 Å². The van der Waals surface area contributed by atoms with E-state index >= 15 is 0 Å². The predicted molar refractivity (Wildman–Crippen MR) is 104 cm³/mol. The van der Waals surface area contributed by atoms with Crippen molar-refractivity contribution in [2.75, 3.05) is 10.6 Å². The number of primary amides is 1. The van der Waals surface area contributed by atoms with Gasteiger partial charge in [-0.15, -0.1) is 11.3 Å². The van der Waals surface area contributed by atoms with Crippen LogP contribution in [0.1, 0.15) is 10.6 Å². The van der Waals surface area contributed by atoms with Gasteiger partial charge in [-0.2, -0.15) is 0 Å². The molecule has 132 valence electrons. The van der Waals surface area contributed by atoms with Crippen LogP contribution in [0.15, 0.2) is 53.9 Å². The Labute approximate surface area is 155 Å². The SMILES string of the molecule is Cc1nc(-c2ccc(CC(=O)Nc3ccc(NC(N)=O)cc3)cc2)cs1. The van der Waals surface area contributed by atoms with Gasteiger partial charge in [0.25, 0.3) is 0 Å². The standard InChI is InChI=1S/C19H18N4O2S/c1-12-21-17(11-26-12)14-4-2-13(3-5-14)10-18(24)22-15-6-8-16(9-7-15)23-19(20)25/h2-9,11H,10H2,1H3,(H,22,24)(H3,20,23,25). The monoisotopic (exact) mass is 366 g/mol. The Morgan fingerprint density at radius 3 is 2.15 bits per heavy atom. The number of nitrogens with zero attached hydrogens (tertiary/aromatic N) is 1. The zero-order valence-corrected chi connectivity index (χ0v) is 15.0. The second-order valence-corrected chi connectivity index (χ2v) is 6.80. The Balaban J connectivity index is 1.58. The molecule has 0 spiro atoms. The molecule has 0 saturated heterocycles. The maximum atomic E-state index is 12.2. The van der Waals surface area contributed by atoms with Crippen LogP contribution in [0.4, 0.5) is 16.2 Å². The summed E-state index contributed by atoms with van der Waals surface area (Å²) in [6.07, 6.45) is 0.275. The van der Waals surface area contributed by atoms with E-state index in [1.54, 1.807) is 35.6 Å². The van der Waals surface area contributed by atoms with Crippen molar-refractivity contribution in [1.29, 1.82) is 0 Å². The van der Waals surface area contributed by atoms with Gasteiger partial charge in [-0.1, -0.05) is 24.3 Å². The van der Waals surface area contributed by atoms with Crippen molar-refractivity contribution in [3.63, 3.8) is 0 Å². The van der Waals surface area contributed by atoms with Crippen molar-refractivity contribution < 1.29 is 9.59 Å². The van der Waals surface area contributed by atoms with Gasteiger partial charge in [0.1, 0.15) is 0 Å². The Bertz CT molecular complexity index is 917. The number of carbonyl (C=O) groups is 2. The molecule has 26 heavy (non-hydrogen) atoms. The highest BCUT2D eigenvalue weighted by Gasteiger charge is 2.06. The zero-order valence-electron chi connectivity index (χ0n) is 14.2. The molecule has 4 N–H and O–H groups in total. The third kappa shape index (κ3) is 4.67. The first kappa shape index (κ1) is 17.6. The normalized spacial score (nSPS) is 10.3. The number of aromatic nitrogens is 1. The molecule has 7 heteroatoms. The fraction of sp³-hybridized carbons (Fsp3) is 0.105. The molecular formula is C19H18N4O2S. The molecule has 0 unspecified atom stereocenters. The number of nitrogens with two attached hydrogens (primary N) is 1. The number of aryl methyl sites for hydroxylation is 1. The average Bonchev–Trinajstić information content (AvgIpc) is 3.03. The van der Waals surface area contributed by atoms with Crippen molar-refractivity contribution in [3.8, 4) is 11.3 Å². The molecule has 0 bridgehead atoms. The molecule has 6 nitrogen and oxygen atoms in total. The molecule has 3 aromatic rings. The Hall–Kier alpha value is -3.19. The van der Waals surface area contributed by atoms with E-state index in [0.29, 0.717) is 11.4 Å². The third-order valence-electron chi connectivity index (χ3n) is 3.67. The van der Waals surface area contributed by atoms with Gasteiger partial charge in [-0.25, -0.2) is 9.78 Å². The molecule has 3 amide bonds. The quantitative estimate of drug-likeness (QED) is 0.641. The molecule has 0 aliphatic carbocycles. The van der Waals surface area contributed by atoms with Crippen molar-refractivity contribution in [1.82, 2.24) is 4.98 Å². The summed E-state index contributed by atoms with van der Waals surface area (Å²) in [5, 5.41) is 8.34. The van der Waals surface area contributed by atoms with E-state index in [2.05, 4.69) is 15.6 Å². The zero-order chi connectivity index (χ0) is 18.5. The number of urea groups is 1. The highest BCUT2D eigenvalue weighted by atomic mass is 32.1. The summed E-state index contributed by atoms with van der Waals surface area (Å²) in [4.78, 5) is 27.4. The topological polar surface area (TPSA) is 97.1 Å². The maximum absolute atomic E-state index is 12.2. The summed E-state index contributed by atoms with van der Waals surface area (Å²) in [5.74, 6) is -0.113. The molecule has 0 aliphatic rings. The van der Waals surface area contributed by atoms with Gasteiger partial charge in [-0.3, -0.25) is 4.79 Å². The number of thiazole rings is 1. The van der Waals surface area contributed by atoms with Crippen LogP contribution < -0.4 is 16.4 Å². The van der Waals surface area contributed by atoms with Crippen molar-refractivity contribution >= 4 is 34.6 Å². The van der Waals surface area contributed by atoms with Crippen molar-refractivity contribution in [2.45, 2.75) is 13.3 Å². The molecule has 0 fully saturated rings. The van der Waals surface area contributed by atoms with E-state index in [-0.39, 0.29) is 12.3 Å². The lowest BCUT2D eigenvalue weighted by Gasteiger charge is -2.07. The summed E-state index contributed by atoms with van der Waals surface area (Å²) in [7, 11) is 0. The number of benzene rings is 2. The second-order valence-electron chi connectivity index (χ2n) is 5.74. The number of hydrogen-bond donors (Lipinski definition) is 3. The number of hydrogen-bond acceptors (Lipinski definition) is 4. The summed E-state index contributed by atoms with van der Waals surface area (Å²) in [6.45, 7) is 1.98. The minimum absolute atomic E-state index is 0.113. The average molecular weight is 366 g/mol. The van der Waals surface area contributed by atoms with Gasteiger partial charge in [0.05, 0.1) is 17.1 Å². The van der Waals surface area contributed by atoms with Gasteiger partial charge in [0.15, 0.2) is 0 Å². The Kier molecular flexibility index (Phi) is 5.28. The number of rotatable bonds is 5. The van der Waals surface area contributed by atoms with Crippen LogP contribution in [-0.4, -0.2) is 16.9 Å². The molecule has 0 aliphatic heterocycles. The minimum Gasteiger partial charge on any atom is -0.351 e. The Morgan fingerprint density at radius 1 is 1.00 bits per heavy atom. The van der Waals surface area contributed by atoms with E-state index in [9.17, 15) is 9.59 Å². The summed E-state index contributed by atoms with van der Waals surface area (Å²) < 4.78 is 0. The van der Waals surface area contributed by atoms with E-state index in [1.165, 1.54) is 0 Å². The molecule has 2 aromatic carbocycles. The van der Waals surface area contributed by atoms with E-state index in [1.807, 2.05) is 36.6 Å². The first-order valence-corrected chi connectivity index (χ1v) is 8.85. The van der Waals surface area contributed by atoms with Crippen molar-refractivity contribution in [3.05, 3.63) is 64.5 Å². The van der Waals surface area contributed by atoms with Crippen LogP contribution in [-0.2, 0) is 11.2 Å².